The number of fused-ring (bicyclic) bond motifs is 3. The van der Waals surface area contributed by atoms with Crippen LogP contribution < -0.4 is 16.0 Å². The van der Waals surface area contributed by atoms with Crippen LogP contribution in [0.4, 0.5) is 4.39 Å². The number of aliphatic hydroxyl groups excluding tert-OH is 3. The van der Waals surface area contributed by atoms with E-state index in [0.717, 1.165) is 19.3 Å². The number of hydrogen-bond acceptors (Lipinski definition) is 9. The number of carbonyl (C=O) groups excluding carboxylic acids is 2. The van der Waals surface area contributed by atoms with Crippen LogP contribution in [0.25, 0.3) is 0 Å². The molecule has 3 fully saturated rings. The van der Waals surface area contributed by atoms with E-state index in [-0.39, 0.29) is 35.6 Å². The molecule has 244 valence electrons. The highest BCUT2D eigenvalue weighted by Crippen LogP contribution is 2.36. The predicted octanol–water partition coefficient (Wildman–Crippen LogP) is 1.73. The van der Waals surface area contributed by atoms with Crippen molar-refractivity contribution in [1.29, 1.82) is 0 Å². The van der Waals surface area contributed by atoms with Gasteiger partial charge in [-0.25, -0.2) is 4.39 Å². The topological polar surface area (TPSA) is 149 Å². The van der Waals surface area contributed by atoms with Gasteiger partial charge in [-0.05, 0) is 74.1 Å². The quantitative estimate of drug-likeness (QED) is 0.247. The molecule has 3 saturated heterocycles. The first kappa shape index (κ1) is 33.3. The summed E-state index contributed by atoms with van der Waals surface area (Å²) >= 11 is 1.25. The highest BCUT2D eigenvalue weighted by Gasteiger charge is 2.49. The molecule has 0 radical (unpaired) electrons. The molecule has 1 aromatic carbocycles. The molecule has 0 aromatic heterocycles. The van der Waals surface area contributed by atoms with Crippen molar-refractivity contribution < 1.29 is 38.8 Å². The van der Waals surface area contributed by atoms with Crippen LogP contribution in [0.3, 0.4) is 0 Å². The van der Waals surface area contributed by atoms with Crippen LogP contribution >= 0.6 is 11.8 Å². The molecule has 0 saturated carbocycles. The minimum Gasteiger partial charge on any atom is -0.388 e. The van der Waals surface area contributed by atoms with E-state index in [1.54, 1.807) is 0 Å². The minimum atomic E-state index is -1.49. The number of nitrogens with one attached hydrogen (secondary N) is 3. The Morgan fingerprint density at radius 3 is 2.57 bits per heavy atom. The number of thioether (sulfide) groups is 1. The Kier molecular flexibility index (Phi) is 11.4. The average molecular weight is 636 g/mol. The molecular formula is C32H46FN3O7S. The molecule has 2 bridgehead atoms. The number of allylic oxidation sites excluding steroid dienone is 1. The van der Waals surface area contributed by atoms with Crippen LogP contribution in [0.5, 0.6) is 0 Å². The third kappa shape index (κ3) is 8.01. The largest absolute Gasteiger partial charge is 0.388 e. The summed E-state index contributed by atoms with van der Waals surface area (Å²) in [6.07, 6.45) is 2.35. The molecule has 1 aromatic rings. The number of amides is 2. The van der Waals surface area contributed by atoms with E-state index in [2.05, 4.69) is 29.8 Å². The third-order valence-electron chi connectivity index (χ3n) is 9.16. The zero-order chi connectivity index (χ0) is 31.4. The summed E-state index contributed by atoms with van der Waals surface area (Å²) in [7, 11) is 0. The van der Waals surface area contributed by atoms with E-state index in [1.807, 2.05) is 12.2 Å². The van der Waals surface area contributed by atoms with Gasteiger partial charge in [0.1, 0.15) is 41.7 Å². The summed E-state index contributed by atoms with van der Waals surface area (Å²) in [5.41, 5.74) is -0.584. The van der Waals surface area contributed by atoms with Gasteiger partial charge in [-0.2, -0.15) is 0 Å². The van der Waals surface area contributed by atoms with Crippen LogP contribution in [-0.4, -0.2) is 100 Å². The van der Waals surface area contributed by atoms with Gasteiger partial charge in [-0.1, -0.05) is 26.0 Å². The van der Waals surface area contributed by atoms with Crippen LogP contribution in [0.2, 0.25) is 0 Å². The highest BCUT2D eigenvalue weighted by atomic mass is 32.2. The van der Waals surface area contributed by atoms with Gasteiger partial charge in [-0.15, -0.1) is 11.8 Å². The van der Waals surface area contributed by atoms with Crippen molar-refractivity contribution >= 4 is 23.6 Å². The van der Waals surface area contributed by atoms with Gasteiger partial charge >= 0.3 is 0 Å². The van der Waals surface area contributed by atoms with Crippen LogP contribution in [0, 0.1) is 23.6 Å². The van der Waals surface area contributed by atoms with Crippen molar-refractivity contribution in [1.82, 2.24) is 16.0 Å². The minimum absolute atomic E-state index is 0.226. The number of rotatable bonds is 7. The Bertz CT molecular complexity index is 1160. The van der Waals surface area contributed by atoms with Crippen LogP contribution in [-0.2, 0) is 14.3 Å². The van der Waals surface area contributed by atoms with E-state index >= 15 is 0 Å². The monoisotopic (exact) mass is 635 g/mol. The maximum absolute atomic E-state index is 13.6. The van der Waals surface area contributed by atoms with Gasteiger partial charge < -0.3 is 40.7 Å². The zero-order valence-corrected chi connectivity index (χ0v) is 26.1. The first-order valence-electron chi connectivity index (χ1n) is 15.8. The highest BCUT2D eigenvalue weighted by molar-refractivity contribution is 8.00. The first-order valence-corrected chi connectivity index (χ1v) is 16.7. The fourth-order valence-electron chi connectivity index (χ4n) is 6.92. The van der Waals surface area contributed by atoms with E-state index in [4.69, 9.17) is 9.47 Å². The summed E-state index contributed by atoms with van der Waals surface area (Å²) < 4.78 is 25.7. The Balaban J connectivity index is 1.24. The fourth-order valence-corrected chi connectivity index (χ4v) is 8.21. The average Bonchev–Trinajstić information content (AvgIpc) is 3.28. The van der Waals surface area contributed by atoms with Gasteiger partial charge in [0.2, 0.25) is 5.91 Å². The Hall–Kier alpha value is -2.06. The predicted molar refractivity (Wildman–Crippen MR) is 164 cm³/mol. The molecule has 10 nitrogen and oxygen atoms in total. The van der Waals surface area contributed by atoms with E-state index in [0.29, 0.717) is 43.4 Å². The molecule has 0 aliphatic carbocycles. The first-order chi connectivity index (χ1) is 21.1. The number of hydrogen-bond donors (Lipinski definition) is 6. The summed E-state index contributed by atoms with van der Waals surface area (Å²) in [6, 6.07) is 4.06. The van der Waals surface area contributed by atoms with E-state index in [1.165, 1.54) is 36.0 Å². The molecule has 2 unspecified atom stereocenters. The molecule has 12 heteroatoms. The maximum Gasteiger partial charge on any atom is 0.251 e. The van der Waals surface area contributed by atoms with Gasteiger partial charge in [0.05, 0.1) is 12.1 Å². The molecule has 4 heterocycles. The maximum atomic E-state index is 13.6. The normalized spacial score (nSPS) is 38.3. The Labute approximate surface area is 262 Å². The standard InChI is InChI=1S/C32H46FN3O7S/c1-17(2)13-18-11-12-42-28-20(14-18)15-34-24(28)31(41)36-23-6-4-3-5-22(16-35-30(40)19-7-9-21(33)10-8-19)44-32-27(39)25(37)26(38)29(23)43-32/h3-4,7-10,17-18,20,22-29,32,34,37-39H,5-6,11-16H2,1-2H3,(H,35,40)(H,36,41)/b4-3-/t18-,20-,22+,23+,24-,25+,26?,27+,28+,29+,32?/m0/s1. The lowest BCUT2D eigenvalue weighted by atomic mass is 9.85. The number of carbonyl (C=O) groups is 2. The smallest absolute Gasteiger partial charge is 0.251 e. The Morgan fingerprint density at radius 1 is 1.07 bits per heavy atom. The molecule has 4 aliphatic heterocycles. The number of aliphatic hydroxyl groups is 3. The second-order valence-corrected chi connectivity index (χ2v) is 14.4. The lowest BCUT2D eigenvalue weighted by Crippen LogP contribution is -2.64. The molecule has 6 N–H and O–H groups in total. The lowest BCUT2D eigenvalue weighted by molar-refractivity contribution is -0.205. The number of halogens is 1. The summed E-state index contributed by atoms with van der Waals surface area (Å²) in [5, 5.41) is 41.6. The lowest BCUT2D eigenvalue weighted by Gasteiger charge is -2.44. The van der Waals surface area contributed by atoms with Crippen molar-refractivity contribution in [3.63, 3.8) is 0 Å². The second kappa shape index (κ2) is 15.0. The Morgan fingerprint density at radius 2 is 1.82 bits per heavy atom. The molecule has 4 aliphatic rings. The molecule has 2 amide bonds. The van der Waals surface area contributed by atoms with Crippen molar-refractivity contribution in [2.45, 2.75) is 99.2 Å². The third-order valence-corrected chi connectivity index (χ3v) is 10.6. The van der Waals surface area contributed by atoms with Crippen molar-refractivity contribution in [2.75, 3.05) is 19.7 Å². The van der Waals surface area contributed by atoms with Crippen molar-refractivity contribution in [3.8, 4) is 0 Å². The molecule has 5 rings (SSSR count). The van der Waals surface area contributed by atoms with Crippen LogP contribution in [0.1, 0.15) is 56.3 Å². The number of ether oxygens (including phenoxy) is 2. The summed E-state index contributed by atoms with van der Waals surface area (Å²) in [6.45, 7) is 6.02. The molecule has 0 spiro atoms. The number of benzene rings is 1. The fraction of sp³-hybridized carbons (Fsp3) is 0.688. The second-order valence-electron chi connectivity index (χ2n) is 13.0. The zero-order valence-electron chi connectivity index (χ0n) is 25.3. The van der Waals surface area contributed by atoms with Gasteiger partial charge in [0.25, 0.3) is 5.91 Å². The molecule has 11 atom stereocenters. The van der Waals surface area contributed by atoms with Crippen molar-refractivity contribution in [3.05, 3.63) is 47.8 Å². The van der Waals surface area contributed by atoms with Gasteiger partial charge in [0.15, 0.2) is 0 Å². The van der Waals surface area contributed by atoms with Crippen LogP contribution in [0.15, 0.2) is 36.4 Å². The van der Waals surface area contributed by atoms with Crippen molar-refractivity contribution in [2.24, 2.45) is 17.8 Å². The van der Waals surface area contributed by atoms with Gasteiger partial charge in [-0.3, -0.25) is 9.59 Å². The van der Waals surface area contributed by atoms with Gasteiger partial charge in [0, 0.05) is 30.5 Å². The summed E-state index contributed by atoms with van der Waals surface area (Å²) in [4.78, 5) is 26.2. The van der Waals surface area contributed by atoms with E-state index < -0.39 is 47.8 Å². The van der Waals surface area contributed by atoms with E-state index in [9.17, 15) is 29.3 Å². The SMILES string of the molecule is CC(C)C[C@@H]1CCO[C@@H]2[C@H](CN[C@@H]2C(=O)N[C@@H]2C/C=C\C[C@H](CNC(=O)c3ccc(F)cc3)SC3O[C@H]2C(O)[C@@H](O)[C@H]3O)C1. The summed E-state index contributed by atoms with van der Waals surface area (Å²) in [5.74, 6) is 0.403. The molecule has 44 heavy (non-hydrogen) atoms. The molecular weight excluding hydrogens is 589 g/mol.